The van der Waals surface area contributed by atoms with Crippen molar-refractivity contribution in [2.24, 2.45) is 11.8 Å². The zero-order chi connectivity index (χ0) is 20.3. The molecule has 2 atom stereocenters. The molecule has 2 aromatic rings. The van der Waals surface area contributed by atoms with Crippen LogP contribution in [0.5, 0.6) is 5.75 Å². The van der Waals surface area contributed by atoms with Gasteiger partial charge in [0.2, 0.25) is 0 Å². The number of benzene rings is 1. The third-order valence-corrected chi connectivity index (χ3v) is 7.23. The Kier molecular flexibility index (Phi) is 8.64. The summed E-state index contributed by atoms with van der Waals surface area (Å²) < 4.78 is 5.99. The van der Waals surface area contributed by atoms with E-state index in [2.05, 4.69) is 27.3 Å². The van der Waals surface area contributed by atoms with Gasteiger partial charge >= 0.3 is 0 Å². The number of pyridine rings is 1. The van der Waals surface area contributed by atoms with Gasteiger partial charge in [-0.1, -0.05) is 6.07 Å². The van der Waals surface area contributed by atoms with Crippen molar-refractivity contribution >= 4 is 30.6 Å². The molecule has 0 spiro atoms. The number of nitrogens with zero attached hydrogens (tertiary/aromatic N) is 3. The first-order valence-corrected chi connectivity index (χ1v) is 11.4. The summed E-state index contributed by atoms with van der Waals surface area (Å²) in [6.07, 6.45) is 8.24. The molecule has 1 saturated carbocycles. The average Bonchev–Trinajstić information content (AvgIpc) is 3.23. The van der Waals surface area contributed by atoms with Gasteiger partial charge < -0.3 is 15.0 Å². The Bertz CT molecular complexity index is 912. The van der Waals surface area contributed by atoms with E-state index in [4.69, 9.17) is 4.74 Å². The molecule has 0 unspecified atom stereocenters. The van der Waals surface area contributed by atoms with E-state index in [9.17, 15) is 5.26 Å². The Balaban J connectivity index is 0.00000144. The van der Waals surface area contributed by atoms with Crippen molar-refractivity contribution in [2.75, 3.05) is 31.6 Å². The monoisotopic (exact) mass is 474 g/mol. The van der Waals surface area contributed by atoms with Crippen LogP contribution in [0.1, 0.15) is 49.1 Å². The standard InChI is InChI=1S/C25H30N4O.2ClH/c26-14-19-6-9-24-22(13-19)23-16-29(15-20(23)17-30-24)12-10-18-4-7-21(8-5-18)28-25-3-1-2-11-27-25;;/h1-3,6,9,11,13,18,20-21,23H,4-5,7-8,10,12,15-17H2,(H,27,28);2*1H/t18-,20-,21-,23+;;/m0../s1. The van der Waals surface area contributed by atoms with Crippen LogP contribution in [0.2, 0.25) is 0 Å². The van der Waals surface area contributed by atoms with Crippen LogP contribution in [0, 0.1) is 23.2 Å². The van der Waals surface area contributed by atoms with Crippen molar-refractivity contribution in [1.82, 2.24) is 9.88 Å². The fourth-order valence-electron chi connectivity index (χ4n) is 5.52. The summed E-state index contributed by atoms with van der Waals surface area (Å²) in [6.45, 7) is 4.22. The van der Waals surface area contributed by atoms with E-state index in [0.29, 0.717) is 17.9 Å². The van der Waals surface area contributed by atoms with E-state index in [1.807, 2.05) is 36.5 Å². The SMILES string of the molecule is Cl.Cl.N#Cc1ccc2c(c1)[C@@H]1CN(CC[C@H]3CC[C@H](Nc4ccccn4)CC3)C[C@H]1CO2. The quantitative estimate of drug-likeness (QED) is 0.639. The number of nitriles is 1. The Labute approximate surface area is 203 Å². The van der Waals surface area contributed by atoms with Gasteiger partial charge in [-0.2, -0.15) is 5.26 Å². The van der Waals surface area contributed by atoms with Gasteiger partial charge in [0.25, 0.3) is 0 Å². The molecule has 32 heavy (non-hydrogen) atoms. The van der Waals surface area contributed by atoms with Gasteiger partial charge in [-0.15, -0.1) is 24.8 Å². The first-order chi connectivity index (χ1) is 14.8. The second kappa shape index (κ2) is 11.2. The average molecular weight is 475 g/mol. The van der Waals surface area contributed by atoms with Gasteiger partial charge in [-0.3, -0.25) is 0 Å². The van der Waals surface area contributed by atoms with Crippen LogP contribution < -0.4 is 10.1 Å². The molecule has 172 valence electrons. The topological polar surface area (TPSA) is 61.2 Å². The number of likely N-dealkylation sites (tertiary alicyclic amines) is 1. The van der Waals surface area contributed by atoms with Gasteiger partial charge in [0, 0.05) is 42.7 Å². The predicted molar refractivity (Wildman–Crippen MR) is 132 cm³/mol. The fraction of sp³-hybridized carbons (Fsp3) is 0.520. The Morgan fingerprint density at radius 3 is 2.69 bits per heavy atom. The number of hydrogen-bond donors (Lipinski definition) is 1. The minimum Gasteiger partial charge on any atom is -0.493 e. The first kappa shape index (κ1) is 24.6. The molecule has 5 nitrogen and oxygen atoms in total. The van der Waals surface area contributed by atoms with Gasteiger partial charge in [0.05, 0.1) is 18.2 Å². The van der Waals surface area contributed by atoms with Crippen molar-refractivity contribution in [2.45, 2.75) is 44.1 Å². The molecule has 5 rings (SSSR count). The molecule has 1 N–H and O–H groups in total. The minimum atomic E-state index is 0. The molecule has 2 fully saturated rings. The highest BCUT2D eigenvalue weighted by atomic mass is 35.5. The number of rotatable bonds is 5. The minimum absolute atomic E-state index is 0. The van der Waals surface area contributed by atoms with Gasteiger partial charge in [0.15, 0.2) is 0 Å². The highest BCUT2D eigenvalue weighted by Crippen LogP contribution is 2.42. The van der Waals surface area contributed by atoms with Crippen molar-refractivity contribution in [3.05, 3.63) is 53.7 Å². The Hall–Kier alpha value is -2.00. The van der Waals surface area contributed by atoms with E-state index < -0.39 is 0 Å². The third-order valence-electron chi connectivity index (χ3n) is 7.23. The Morgan fingerprint density at radius 2 is 1.94 bits per heavy atom. The van der Waals surface area contributed by atoms with Crippen molar-refractivity contribution < 1.29 is 4.74 Å². The third kappa shape index (κ3) is 5.49. The van der Waals surface area contributed by atoms with E-state index in [1.165, 1.54) is 44.2 Å². The number of anilines is 1. The smallest absolute Gasteiger partial charge is 0.126 e. The summed E-state index contributed by atoms with van der Waals surface area (Å²) in [5.41, 5.74) is 1.99. The number of aromatic nitrogens is 1. The zero-order valence-corrected chi connectivity index (χ0v) is 19.9. The molecule has 0 radical (unpaired) electrons. The molecular formula is C25H32Cl2N4O. The van der Waals surface area contributed by atoms with Crippen LogP contribution in [0.15, 0.2) is 42.6 Å². The molecular weight excluding hydrogens is 443 g/mol. The number of nitrogens with one attached hydrogen (secondary N) is 1. The molecule has 2 aliphatic heterocycles. The molecule has 1 aromatic heterocycles. The highest BCUT2D eigenvalue weighted by Gasteiger charge is 2.38. The number of hydrogen-bond acceptors (Lipinski definition) is 5. The first-order valence-electron chi connectivity index (χ1n) is 11.4. The van der Waals surface area contributed by atoms with Crippen molar-refractivity contribution in [3.8, 4) is 11.8 Å². The lowest BCUT2D eigenvalue weighted by atomic mass is 9.84. The molecule has 1 aliphatic carbocycles. The van der Waals surface area contributed by atoms with Crippen LogP contribution in [-0.2, 0) is 0 Å². The van der Waals surface area contributed by atoms with Gasteiger partial charge in [0.1, 0.15) is 11.6 Å². The lowest BCUT2D eigenvalue weighted by Crippen LogP contribution is -2.29. The van der Waals surface area contributed by atoms with Gasteiger partial charge in [-0.25, -0.2) is 4.98 Å². The highest BCUT2D eigenvalue weighted by molar-refractivity contribution is 5.85. The lowest BCUT2D eigenvalue weighted by molar-refractivity contribution is 0.209. The second-order valence-corrected chi connectivity index (χ2v) is 9.17. The zero-order valence-electron chi connectivity index (χ0n) is 18.3. The van der Waals surface area contributed by atoms with Crippen LogP contribution in [0.25, 0.3) is 0 Å². The summed E-state index contributed by atoms with van der Waals surface area (Å²) in [4.78, 5) is 7.03. The van der Waals surface area contributed by atoms with E-state index in [-0.39, 0.29) is 24.8 Å². The molecule has 0 bridgehead atoms. The molecule has 0 amide bonds. The van der Waals surface area contributed by atoms with Crippen molar-refractivity contribution in [3.63, 3.8) is 0 Å². The maximum Gasteiger partial charge on any atom is 0.126 e. The molecule has 1 aromatic carbocycles. The number of ether oxygens (including phenoxy) is 1. The van der Waals surface area contributed by atoms with E-state index in [0.717, 1.165) is 42.7 Å². The lowest BCUT2D eigenvalue weighted by Gasteiger charge is -2.30. The van der Waals surface area contributed by atoms with Crippen LogP contribution in [-0.4, -0.2) is 42.2 Å². The maximum atomic E-state index is 9.25. The number of fused-ring (bicyclic) bond motifs is 3. The van der Waals surface area contributed by atoms with E-state index in [1.54, 1.807) is 0 Å². The summed E-state index contributed by atoms with van der Waals surface area (Å²) in [7, 11) is 0. The van der Waals surface area contributed by atoms with Crippen LogP contribution in [0.4, 0.5) is 5.82 Å². The van der Waals surface area contributed by atoms with Crippen LogP contribution >= 0.6 is 24.8 Å². The second-order valence-electron chi connectivity index (χ2n) is 9.17. The summed E-state index contributed by atoms with van der Waals surface area (Å²) in [5, 5.41) is 12.8. The number of halogens is 2. The summed E-state index contributed by atoms with van der Waals surface area (Å²) in [6, 6.07) is 14.8. The largest absolute Gasteiger partial charge is 0.493 e. The van der Waals surface area contributed by atoms with Crippen molar-refractivity contribution in [1.29, 1.82) is 5.26 Å². The van der Waals surface area contributed by atoms with Crippen LogP contribution in [0.3, 0.4) is 0 Å². The van der Waals surface area contributed by atoms with E-state index >= 15 is 0 Å². The molecule has 1 saturated heterocycles. The molecule has 7 heteroatoms. The summed E-state index contributed by atoms with van der Waals surface area (Å²) in [5.74, 6) is 3.90. The maximum absolute atomic E-state index is 9.25. The van der Waals surface area contributed by atoms with Gasteiger partial charge in [-0.05, 0) is 74.9 Å². The summed E-state index contributed by atoms with van der Waals surface area (Å²) >= 11 is 0. The Morgan fingerprint density at radius 1 is 1.09 bits per heavy atom. The fourth-order valence-corrected chi connectivity index (χ4v) is 5.52. The molecule has 3 aliphatic rings. The predicted octanol–water partition coefficient (Wildman–Crippen LogP) is 5.27. The normalized spacial score (nSPS) is 26.3. The molecule has 3 heterocycles.